The third-order valence-corrected chi connectivity index (χ3v) is 4.72. The van der Waals surface area contributed by atoms with Crippen molar-refractivity contribution in [1.82, 2.24) is 0 Å². The number of nitrogens with zero attached hydrogens (tertiary/aromatic N) is 1. The minimum absolute atomic E-state index is 0.289. The quantitative estimate of drug-likeness (QED) is 0.712. The summed E-state index contributed by atoms with van der Waals surface area (Å²) >= 11 is 12.0. The van der Waals surface area contributed by atoms with Crippen LogP contribution in [0.25, 0.3) is 0 Å². The van der Waals surface area contributed by atoms with Gasteiger partial charge in [-0.05, 0) is 48.6 Å². The highest BCUT2D eigenvalue weighted by Crippen LogP contribution is 2.41. The van der Waals surface area contributed by atoms with E-state index in [0.717, 1.165) is 18.4 Å². The van der Waals surface area contributed by atoms with E-state index in [1.165, 1.54) is 16.7 Å². The molecular weight excluding hydrogens is 329 g/mol. The summed E-state index contributed by atoms with van der Waals surface area (Å²) in [7, 11) is 0. The molecule has 0 fully saturated rings. The van der Waals surface area contributed by atoms with E-state index in [2.05, 4.69) is 31.2 Å². The number of alkyl halides is 1. The molecule has 118 valence electrons. The van der Waals surface area contributed by atoms with E-state index in [9.17, 15) is 5.26 Å². The van der Waals surface area contributed by atoms with Crippen molar-refractivity contribution in [3.63, 3.8) is 0 Å². The van der Waals surface area contributed by atoms with Crippen LogP contribution in [0.3, 0.4) is 0 Å². The molecule has 2 aromatic rings. The fourth-order valence-corrected chi connectivity index (χ4v) is 3.64. The van der Waals surface area contributed by atoms with Gasteiger partial charge in [0.25, 0.3) is 0 Å². The van der Waals surface area contributed by atoms with Crippen molar-refractivity contribution in [2.45, 2.75) is 25.7 Å². The van der Waals surface area contributed by atoms with Gasteiger partial charge in [-0.15, -0.1) is 11.6 Å². The van der Waals surface area contributed by atoms with Gasteiger partial charge in [0, 0.05) is 5.92 Å². The van der Waals surface area contributed by atoms with Gasteiger partial charge in [-0.1, -0.05) is 35.4 Å². The highest BCUT2D eigenvalue weighted by atomic mass is 35.5. The molecule has 3 rings (SSSR count). The molecule has 0 amide bonds. The number of halogens is 2. The molecule has 1 aliphatic carbocycles. The van der Waals surface area contributed by atoms with Gasteiger partial charge in [-0.3, -0.25) is 0 Å². The summed E-state index contributed by atoms with van der Waals surface area (Å²) in [6.07, 6.45) is 2.10. The molecule has 0 heterocycles. The van der Waals surface area contributed by atoms with Crippen molar-refractivity contribution in [1.29, 1.82) is 5.26 Å². The molecule has 0 N–H and O–H groups in total. The van der Waals surface area contributed by atoms with Crippen LogP contribution in [0.4, 0.5) is 0 Å². The molecule has 1 atom stereocenters. The van der Waals surface area contributed by atoms with E-state index >= 15 is 0 Å². The lowest BCUT2D eigenvalue weighted by Gasteiger charge is -2.16. The predicted molar refractivity (Wildman–Crippen MR) is 93.7 cm³/mol. The average molecular weight is 346 g/mol. The largest absolute Gasteiger partial charge is 0.489 e. The number of hydrogen-bond donors (Lipinski definition) is 0. The lowest BCUT2D eigenvalue weighted by Crippen LogP contribution is -2.03. The van der Waals surface area contributed by atoms with Crippen molar-refractivity contribution >= 4 is 23.2 Å². The summed E-state index contributed by atoms with van der Waals surface area (Å²) in [5, 5.41) is 9.90. The Bertz CT molecular complexity index is 780. The average Bonchev–Trinajstić information content (AvgIpc) is 2.96. The molecule has 0 aliphatic heterocycles. The van der Waals surface area contributed by atoms with Gasteiger partial charge >= 0.3 is 0 Å². The monoisotopic (exact) mass is 345 g/mol. The van der Waals surface area contributed by atoms with Gasteiger partial charge in [0.15, 0.2) is 5.75 Å². The van der Waals surface area contributed by atoms with Crippen LogP contribution >= 0.6 is 23.2 Å². The predicted octanol–water partition coefficient (Wildman–Crippen LogP) is 5.22. The van der Waals surface area contributed by atoms with Crippen LogP contribution in [-0.2, 0) is 6.42 Å². The first-order valence-electron chi connectivity index (χ1n) is 7.65. The van der Waals surface area contributed by atoms with E-state index in [4.69, 9.17) is 27.9 Å². The lowest BCUT2D eigenvalue weighted by atomic mass is 9.91. The van der Waals surface area contributed by atoms with Crippen LogP contribution in [0.2, 0.25) is 5.02 Å². The molecule has 1 aliphatic rings. The molecule has 2 aromatic carbocycles. The Morgan fingerprint density at radius 2 is 2.13 bits per heavy atom. The molecule has 23 heavy (non-hydrogen) atoms. The summed E-state index contributed by atoms with van der Waals surface area (Å²) in [5.41, 5.74) is 5.56. The third kappa shape index (κ3) is 3.17. The first kappa shape index (κ1) is 16.2. The Morgan fingerprint density at radius 3 is 2.87 bits per heavy atom. The highest BCUT2D eigenvalue weighted by molar-refractivity contribution is 6.32. The van der Waals surface area contributed by atoms with Gasteiger partial charge in [-0.25, -0.2) is 0 Å². The van der Waals surface area contributed by atoms with Crippen molar-refractivity contribution in [2.24, 2.45) is 0 Å². The molecule has 0 spiro atoms. The van der Waals surface area contributed by atoms with Crippen LogP contribution in [-0.4, -0.2) is 12.5 Å². The summed E-state index contributed by atoms with van der Waals surface area (Å²) in [6, 6.07) is 12.6. The number of fused-ring (bicyclic) bond motifs is 1. The molecule has 0 bridgehead atoms. The Labute approximate surface area is 146 Å². The lowest BCUT2D eigenvalue weighted by molar-refractivity contribution is 0.342. The highest BCUT2D eigenvalue weighted by Gasteiger charge is 2.25. The molecule has 0 saturated carbocycles. The van der Waals surface area contributed by atoms with Crippen LogP contribution in [0.1, 0.15) is 40.2 Å². The summed E-state index contributed by atoms with van der Waals surface area (Å²) in [4.78, 5) is 0. The molecule has 4 heteroatoms. The third-order valence-electron chi connectivity index (χ3n) is 4.29. The Kier molecular flexibility index (Phi) is 4.80. The van der Waals surface area contributed by atoms with Crippen LogP contribution in [0, 0.1) is 18.3 Å². The van der Waals surface area contributed by atoms with E-state index in [1.54, 1.807) is 0 Å². The molecule has 2 nitrogen and oxygen atoms in total. The minimum atomic E-state index is 0.289. The normalized spacial score (nSPS) is 16.0. The minimum Gasteiger partial charge on any atom is -0.489 e. The Balaban J connectivity index is 2.00. The topological polar surface area (TPSA) is 33.0 Å². The maximum atomic E-state index is 9.42. The van der Waals surface area contributed by atoms with Crippen molar-refractivity contribution in [3.05, 3.63) is 63.2 Å². The van der Waals surface area contributed by atoms with Gasteiger partial charge in [-0.2, -0.15) is 5.26 Å². The van der Waals surface area contributed by atoms with Crippen molar-refractivity contribution in [2.75, 3.05) is 12.5 Å². The zero-order valence-electron chi connectivity index (χ0n) is 12.9. The zero-order chi connectivity index (χ0) is 16.4. The molecule has 1 unspecified atom stereocenters. The van der Waals surface area contributed by atoms with Crippen LogP contribution in [0.5, 0.6) is 5.75 Å². The number of rotatable bonds is 4. The maximum Gasteiger partial charge on any atom is 0.155 e. The standard InChI is InChI=1S/C19H17Cl2NO/c1-12-2-4-16-13(8-12)3-5-17(16)14-9-15(11-22)19(18(21)10-14)23-7-6-20/h2,4,8-10,17H,3,5-7H2,1H3. The maximum absolute atomic E-state index is 9.42. The summed E-state index contributed by atoms with van der Waals surface area (Å²) < 4.78 is 5.52. The second-order valence-electron chi connectivity index (χ2n) is 5.82. The molecule has 0 aromatic heterocycles. The molecular formula is C19H17Cl2NO. The summed E-state index contributed by atoms with van der Waals surface area (Å²) in [6.45, 7) is 2.45. The number of aryl methyl sites for hydroxylation is 2. The van der Waals surface area contributed by atoms with Gasteiger partial charge in [0.1, 0.15) is 12.7 Å². The van der Waals surface area contributed by atoms with Crippen molar-refractivity contribution in [3.8, 4) is 11.8 Å². The second-order valence-corrected chi connectivity index (χ2v) is 6.61. The van der Waals surface area contributed by atoms with Gasteiger partial charge in [0.2, 0.25) is 0 Å². The van der Waals surface area contributed by atoms with E-state index in [0.29, 0.717) is 28.8 Å². The first-order valence-corrected chi connectivity index (χ1v) is 8.57. The second kappa shape index (κ2) is 6.83. The summed E-state index contributed by atoms with van der Waals surface area (Å²) in [5.74, 6) is 1.08. The first-order chi connectivity index (χ1) is 11.1. The van der Waals surface area contributed by atoms with E-state index < -0.39 is 0 Å². The van der Waals surface area contributed by atoms with Crippen molar-refractivity contribution < 1.29 is 4.74 Å². The van der Waals surface area contributed by atoms with E-state index in [-0.39, 0.29) is 5.92 Å². The molecule has 0 radical (unpaired) electrons. The fourth-order valence-electron chi connectivity index (χ4n) is 3.28. The Hall–Kier alpha value is -1.69. The zero-order valence-corrected chi connectivity index (χ0v) is 14.4. The Morgan fingerprint density at radius 1 is 1.30 bits per heavy atom. The smallest absolute Gasteiger partial charge is 0.155 e. The SMILES string of the molecule is Cc1ccc2c(c1)CCC2c1cc(Cl)c(OCCCl)c(C#N)c1. The van der Waals surface area contributed by atoms with Crippen LogP contribution in [0.15, 0.2) is 30.3 Å². The molecule has 0 saturated heterocycles. The van der Waals surface area contributed by atoms with Crippen LogP contribution < -0.4 is 4.74 Å². The van der Waals surface area contributed by atoms with Gasteiger partial charge < -0.3 is 4.74 Å². The number of ether oxygens (including phenoxy) is 1. The van der Waals surface area contributed by atoms with Gasteiger partial charge in [0.05, 0.1) is 16.5 Å². The number of benzene rings is 2. The number of hydrogen-bond acceptors (Lipinski definition) is 2. The van der Waals surface area contributed by atoms with E-state index in [1.807, 2.05) is 12.1 Å². The number of nitriles is 1. The fraction of sp³-hybridized carbons (Fsp3) is 0.316.